The SMILES string of the molecule is Cn1cnc(C(Cc2cccnc2)NN)c1. The first-order valence-corrected chi connectivity index (χ1v) is 5.12. The minimum absolute atomic E-state index is 0.0189. The predicted octanol–water partition coefficient (Wildman–Crippen LogP) is 0.562. The number of aromatic nitrogens is 3. The summed E-state index contributed by atoms with van der Waals surface area (Å²) in [6.45, 7) is 0. The van der Waals surface area contributed by atoms with E-state index in [0.717, 1.165) is 17.7 Å². The van der Waals surface area contributed by atoms with Crippen LogP contribution in [0.25, 0.3) is 0 Å². The van der Waals surface area contributed by atoms with Gasteiger partial charge >= 0.3 is 0 Å². The Labute approximate surface area is 94.3 Å². The Morgan fingerprint density at radius 3 is 3.00 bits per heavy atom. The number of hydrogen-bond donors (Lipinski definition) is 2. The van der Waals surface area contributed by atoms with E-state index in [-0.39, 0.29) is 6.04 Å². The first-order valence-electron chi connectivity index (χ1n) is 5.12. The Bertz CT molecular complexity index is 437. The number of rotatable bonds is 4. The zero-order chi connectivity index (χ0) is 11.4. The molecule has 0 radical (unpaired) electrons. The van der Waals surface area contributed by atoms with E-state index in [1.165, 1.54) is 0 Å². The van der Waals surface area contributed by atoms with E-state index >= 15 is 0 Å². The first kappa shape index (κ1) is 10.8. The van der Waals surface area contributed by atoms with Crippen molar-refractivity contribution < 1.29 is 0 Å². The summed E-state index contributed by atoms with van der Waals surface area (Å²) >= 11 is 0. The van der Waals surface area contributed by atoms with Crippen LogP contribution in [0.3, 0.4) is 0 Å². The minimum Gasteiger partial charge on any atom is -0.340 e. The Kier molecular flexibility index (Phi) is 3.28. The van der Waals surface area contributed by atoms with Gasteiger partial charge < -0.3 is 4.57 Å². The van der Waals surface area contributed by atoms with Crippen molar-refractivity contribution in [2.75, 3.05) is 0 Å². The molecule has 0 fully saturated rings. The number of nitrogens with zero attached hydrogens (tertiary/aromatic N) is 3. The fourth-order valence-electron chi connectivity index (χ4n) is 1.62. The molecular formula is C11H15N5. The quantitative estimate of drug-likeness (QED) is 0.580. The second-order valence-electron chi connectivity index (χ2n) is 3.75. The van der Waals surface area contributed by atoms with E-state index in [0.29, 0.717) is 0 Å². The molecule has 16 heavy (non-hydrogen) atoms. The van der Waals surface area contributed by atoms with Gasteiger partial charge in [0.25, 0.3) is 0 Å². The molecular weight excluding hydrogens is 202 g/mol. The summed E-state index contributed by atoms with van der Waals surface area (Å²) in [6, 6.07) is 3.96. The van der Waals surface area contributed by atoms with E-state index in [1.54, 1.807) is 12.5 Å². The summed E-state index contributed by atoms with van der Waals surface area (Å²) in [7, 11) is 1.94. The molecule has 5 nitrogen and oxygen atoms in total. The van der Waals surface area contributed by atoms with Gasteiger partial charge in [-0.25, -0.2) is 4.98 Å². The van der Waals surface area contributed by atoms with E-state index in [9.17, 15) is 0 Å². The number of pyridine rings is 1. The van der Waals surface area contributed by atoms with Gasteiger partial charge in [-0.2, -0.15) is 0 Å². The third-order valence-electron chi connectivity index (χ3n) is 2.45. The molecule has 5 heteroatoms. The molecule has 1 atom stereocenters. The van der Waals surface area contributed by atoms with Gasteiger partial charge in [-0.3, -0.25) is 16.3 Å². The average molecular weight is 217 g/mol. The lowest BCUT2D eigenvalue weighted by Gasteiger charge is -2.12. The Balaban J connectivity index is 2.12. The molecule has 0 bridgehead atoms. The lowest BCUT2D eigenvalue weighted by Crippen LogP contribution is -2.29. The molecule has 2 heterocycles. The summed E-state index contributed by atoms with van der Waals surface area (Å²) in [5, 5.41) is 0. The molecule has 2 rings (SSSR count). The lowest BCUT2D eigenvalue weighted by atomic mass is 10.1. The van der Waals surface area contributed by atoms with Crippen LogP contribution < -0.4 is 11.3 Å². The van der Waals surface area contributed by atoms with Gasteiger partial charge in [0.2, 0.25) is 0 Å². The number of nitrogens with two attached hydrogens (primary N) is 1. The number of aryl methyl sites for hydroxylation is 1. The summed E-state index contributed by atoms with van der Waals surface area (Å²) in [5.41, 5.74) is 4.85. The molecule has 0 saturated carbocycles. The second kappa shape index (κ2) is 4.87. The molecule has 0 aliphatic carbocycles. The van der Waals surface area contributed by atoms with Gasteiger partial charge in [-0.05, 0) is 18.1 Å². The maximum Gasteiger partial charge on any atom is 0.0947 e. The predicted molar refractivity (Wildman–Crippen MR) is 61.2 cm³/mol. The summed E-state index contributed by atoms with van der Waals surface area (Å²) in [5.74, 6) is 5.54. The van der Waals surface area contributed by atoms with Crippen molar-refractivity contribution in [1.82, 2.24) is 20.0 Å². The Morgan fingerprint density at radius 1 is 1.56 bits per heavy atom. The molecule has 0 aromatic carbocycles. The Morgan fingerprint density at radius 2 is 2.44 bits per heavy atom. The molecule has 2 aromatic heterocycles. The average Bonchev–Trinajstić information content (AvgIpc) is 2.74. The standard InChI is InChI=1S/C11H15N5/c1-16-7-11(14-8-16)10(15-12)5-9-3-2-4-13-6-9/h2-4,6-8,10,15H,5,12H2,1H3. The second-order valence-corrected chi connectivity index (χ2v) is 3.75. The van der Waals surface area contributed by atoms with Crippen LogP contribution in [0.15, 0.2) is 37.1 Å². The summed E-state index contributed by atoms with van der Waals surface area (Å²) in [6.07, 6.45) is 8.10. The lowest BCUT2D eigenvalue weighted by molar-refractivity contribution is 0.539. The number of hydrogen-bond acceptors (Lipinski definition) is 4. The first-order chi connectivity index (χ1) is 7.79. The molecule has 0 spiro atoms. The van der Waals surface area contributed by atoms with Crippen LogP contribution in [0.1, 0.15) is 17.3 Å². The smallest absolute Gasteiger partial charge is 0.0947 e. The van der Waals surface area contributed by atoms with E-state index in [2.05, 4.69) is 15.4 Å². The highest BCUT2D eigenvalue weighted by atomic mass is 15.2. The highest BCUT2D eigenvalue weighted by molar-refractivity contribution is 5.14. The number of hydrazine groups is 1. The molecule has 2 aromatic rings. The van der Waals surface area contributed by atoms with Gasteiger partial charge in [0.15, 0.2) is 0 Å². The summed E-state index contributed by atoms with van der Waals surface area (Å²) < 4.78 is 1.91. The maximum atomic E-state index is 5.54. The minimum atomic E-state index is 0.0189. The number of nitrogens with one attached hydrogen (secondary N) is 1. The highest BCUT2D eigenvalue weighted by Gasteiger charge is 2.12. The normalized spacial score (nSPS) is 12.6. The largest absolute Gasteiger partial charge is 0.340 e. The number of imidazole rings is 1. The van der Waals surface area contributed by atoms with Gasteiger partial charge in [-0.1, -0.05) is 6.07 Å². The maximum absolute atomic E-state index is 5.54. The van der Waals surface area contributed by atoms with Crippen LogP contribution in [0.2, 0.25) is 0 Å². The van der Waals surface area contributed by atoms with Crippen LogP contribution in [-0.4, -0.2) is 14.5 Å². The van der Waals surface area contributed by atoms with Crippen LogP contribution >= 0.6 is 0 Å². The van der Waals surface area contributed by atoms with Gasteiger partial charge in [-0.15, -0.1) is 0 Å². The fraction of sp³-hybridized carbons (Fsp3) is 0.273. The van der Waals surface area contributed by atoms with Gasteiger partial charge in [0, 0.05) is 25.6 Å². The highest BCUT2D eigenvalue weighted by Crippen LogP contribution is 2.14. The van der Waals surface area contributed by atoms with Crippen LogP contribution in [0, 0.1) is 0 Å². The summed E-state index contributed by atoms with van der Waals surface area (Å²) in [4.78, 5) is 8.36. The zero-order valence-electron chi connectivity index (χ0n) is 9.17. The van der Waals surface area contributed by atoms with Crippen molar-refractivity contribution in [1.29, 1.82) is 0 Å². The molecule has 0 aliphatic rings. The zero-order valence-corrected chi connectivity index (χ0v) is 9.17. The van der Waals surface area contributed by atoms with E-state index < -0.39 is 0 Å². The fourth-order valence-corrected chi connectivity index (χ4v) is 1.62. The Hall–Kier alpha value is -1.72. The monoisotopic (exact) mass is 217 g/mol. The molecule has 0 amide bonds. The van der Waals surface area contributed by atoms with Gasteiger partial charge in [0.05, 0.1) is 18.1 Å². The third kappa shape index (κ3) is 2.44. The van der Waals surface area contributed by atoms with Crippen molar-refractivity contribution in [2.24, 2.45) is 12.9 Å². The van der Waals surface area contributed by atoms with Crippen molar-refractivity contribution in [3.63, 3.8) is 0 Å². The topological polar surface area (TPSA) is 68.8 Å². The molecule has 3 N–H and O–H groups in total. The molecule has 1 unspecified atom stereocenters. The van der Waals surface area contributed by atoms with Crippen molar-refractivity contribution in [3.8, 4) is 0 Å². The van der Waals surface area contributed by atoms with Crippen LogP contribution in [0.5, 0.6) is 0 Å². The van der Waals surface area contributed by atoms with Gasteiger partial charge in [0.1, 0.15) is 0 Å². The molecule has 0 saturated heterocycles. The van der Waals surface area contributed by atoms with Crippen molar-refractivity contribution in [2.45, 2.75) is 12.5 Å². The molecule has 0 aliphatic heterocycles. The van der Waals surface area contributed by atoms with E-state index in [1.807, 2.05) is 36.1 Å². The van der Waals surface area contributed by atoms with Crippen LogP contribution in [-0.2, 0) is 13.5 Å². The molecule has 84 valence electrons. The van der Waals surface area contributed by atoms with E-state index in [4.69, 9.17) is 5.84 Å². The van der Waals surface area contributed by atoms with Crippen molar-refractivity contribution >= 4 is 0 Å². The van der Waals surface area contributed by atoms with Crippen LogP contribution in [0.4, 0.5) is 0 Å². The third-order valence-corrected chi connectivity index (χ3v) is 2.45. The van der Waals surface area contributed by atoms with Crippen molar-refractivity contribution in [3.05, 3.63) is 48.3 Å².